The summed E-state index contributed by atoms with van der Waals surface area (Å²) < 4.78 is 5.31. The fourth-order valence-corrected chi connectivity index (χ4v) is 3.48. The fourth-order valence-electron chi connectivity index (χ4n) is 3.48. The number of aromatic nitrogens is 1. The van der Waals surface area contributed by atoms with E-state index in [-0.39, 0.29) is 5.97 Å². The predicted molar refractivity (Wildman–Crippen MR) is 93.0 cm³/mol. The minimum absolute atomic E-state index is 0.267. The third kappa shape index (κ3) is 3.03. The molecule has 3 rings (SSSR count). The Morgan fingerprint density at radius 3 is 2.91 bits per heavy atom. The lowest BCUT2D eigenvalue weighted by atomic mass is 9.97. The average molecular weight is 312 g/mol. The lowest BCUT2D eigenvalue weighted by molar-refractivity contribution is 0.0525. The van der Waals surface area contributed by atoms with Gasteiger partial charge in [-0.15, -0.1) is 0 Å². The Morgan fingerprint density at radius 2 is 2.17 bits per heavy atom. The Kier molecular flexibility index (Phi) is 4.51. The number of piperidine rings is 1. The first-order valence-electron chi connectivity index (χ1n) is 8.43. The van der Waals surface area contributed by atoms with Crippen LogP contribution in [-0.2, 0) is 4.74 Å². The zero-order valence-electron chi connectivity index (χ0n) is 14.1. The van der Waals surface area contributed by atoms with Crippen molar-refractivity contribution in [1.82, 2.24) is 4.98 Å². The van der Waals surface area contributed by atoms with E-state index >= 15 is 0 Å². The number of carbonyl (C=O) groups excluding carboxylic acids is 1. The third-order valence-corrected chi connectivity index (χ3v) is 4.50. The minimum Gasteiger partial charge on any atom is -0.462 e. The molecule has 0 saturated carbocycles. The molecule has 1 fully saturated rings. The van der Waals surface area contributed by atoms with E-state index in [2.05, 4.69) is 22.9 Å². The quantitative estimate of drug-likeness (QED) is 0.805. The van der Waals surface area contributed by atoms with Crippen molar-refractivity contribution in [3.05, 3.63) is 35.5 Å². The molecule has 0 aliphatic carbocycles. The van der Waals surface area contributed by atoms with Crippen molar-refractivity contribution < 1.29 is 9.53 Å². The number of nitrogens with zero attached hydrogens (tertiary/aromatic N) is 2. The van der Waals surface area contributed by atoms with Crippen molar-refractivity contribution in [3.8, 4) is 0 Å². The van der Waals surface area contributed by atoms with Gasteiger partial charge in [-0.3, -0.25) is 4.98 Å². The zero-order valence-corrected chi connectivity index (χ0v) is 14.1. The number of hydrogen-bond acceptors (Lipinski definition) is 4. The highest BCUT2D eigenvalue weighted by Crippen LogP contribution is 2.34. The van der Waals surface area contributed by atoms with Crippen LogP contribution in [0, 0.1) is 12.8 Å². The Hall–Kier alpha value is -2.10. The molecule has 1 saturated heterocycles. The van der Waals surface area contributed by atoms with Gasteiger partial charge in [-0.1, -0.05) is 25.1 Å². The smallest absolute Gasteiger partial charge is 0.342 e. The highest BCUT2D eigenvalue weighted by molar-refractivity contribution is 6.06. The SMILES string of the molecule is CCOC(=O)c1c(C)nc2ccccc2c1N1CCCC(C)C1. The molecule has 0 spiro atoms. The number of fused-ring (bicyclic) bond motifs is 1. The maximum Gasteiger partial charge on any atom is 0.342 e. The molecule has 4 nitrogen and oxygen atoms in total. The molecule has 1 aromatic carbocycles. The Balaban J connectivity index is 2.21. The number of ether oxygens (including phenoxy) is 1. The van der Waals surface area contributed by atoms with Crippen LogP contribution >= 0.6 is 0 Å². The van der Waals surface area contributed by atoms with E-state index in [4.69, 9.17) is 4.74 Å². The molecule has 0 bridgehead atoms. The van der Waals surface area contributed by atoms with Crippen molar-refractivity contribution >= 4 is 22.6 Å². The molecule has 4 heteroatoms. The Labute approximate surface area is 137 Å². The number of hydrogen-bond donors (Lipinski definition) is 0. The molecule has 1 aliphatic heterocycles. The number of aryl methyl sites for hydroxylation is 1. The molecule has 2 heterocycles. The van der Waals surface area contributed by atoms with Crippen molar-refractivity contribution in [1.29, 1.82) is 0 Å². The van der Waals surface area contributed by atoms with Crippen LogP contribution in [0.5, 0.6) is 0 Å². The summed E-state index contributed by atoms with van der Waals surface area (Å²) in [5.74, 6) is 0.363. The maximum absolute atomic E-state index is 12.6. The number of rotatable bonds is 3. The van der Waals surface area contributed by atoms with Crippen LogP contribution in [0.3, 0.4) is 0 Å². The summed E-state index contributed by atoms with van der Waals surface area (Å²) in [6.07, 6.45) is 2.40. The van der Waals surface area contributed by atoms with E-state index in [0.29, 0.717) is 18.1 Å². The van der Waals surface area contributed by atoms with Crippen LogP contribution in [0.25, 0.3) is 10.9 Å². The lowest BCUT2D eigenvalue weighted by Gasteiger charge is -2.34. The van der Waals surface area contributed by atoms with Crippen molar-refractivity contribution in [3.63, 3.8) is 0 Å². The van der Waals surface area contributed by atoms with Gasteiger partial charge in [-0.2, -0.15) is 0 Å². The summed E-state index contributed by atoms with van der Waals surface area (Å²) >= 11 is 0. The van der Waals surface area contributed by atoms with Gasteiger partial charge in [0.1, 0.15) is 5.56 Å². The topological polar surface area (TPSA) is 42.4 Å². The van der Waals surface area contributed by atoms with Crippen LogP contribution < -0.4 is 4.90 Å². The summed E-state index contributed by atoms with van der Waals surface area (Å²) in [7, 11) is 0. The number of esters is 1. The molecule has 1 atom stereocenters. The molecular formula is C19H24N2O2. The largest absolute Gasteiger partial charge is 0.462 e. The number of anilines is 1. The van der Waals surface area contributed by atoms with Crippen molar-refractivity contribution in [2.24, 2.45) is 5.92 Å². The molecule has 1 aromatic heterocycles. The van der Waals surface area contributed by atoms with E-state index in [1.165, 1.54) is 6.42 Å². The maximum atomic E-state index is 12.6. The predicted octanol–water partition coefficient (Wildman–Crippen LogP) is 3.96. The first-order chi connectivity index (χ1) is 11.1. The summed E-state index contributed by atoms with van der Waals surface area (Å²) in [5, 5.41) is 1.04. The molecule has 1 unspecified atom stereocenters. The third-order valence-electron chi connectivity index (χ3n) is 4.50. The minimum atomic E-state index is -0.267. The van der Waals surface area contributed by atoms with Gasteiger partial charge < -0.3 is 9.64 Å². The van der Waals surface area contributed by atoms with Gasteiger partial charge in [0.05, 0.1) is 23.5 Å². The average Bonchev–Trinajstić information content (AvgIpc) is 2.53. The van der Waals surface area contributed by atoms with Crippen LogP contribution in [-0.4, -0.2) is 30.6 Å². The van der Waals surface area contributed by atoms with Gasteiger partial charge in [-0.05, 0) is 38.7 Å². The van der Waals surface area contributed by atoms with Crippen LogP contribution in [0.1, 0.15) is 42.7 Å². The number of benzene rings is 1. The molecule has 1 aliphatic rings. The van der Waals surface area contributed by atoms with E-state index < -0.39 is 0 Å². The van der Waals surface area contributed by atoms with Gasteiger partial charge in [-0.25, -0.2) is 4.79 Å². The lowest BCUT2D eigenvalue weighted by Crippen LogP contribution is -2.35. The second kappa shape index (κ2) is 6.57. The highest BCUT2D eigenvalue weighted by atomic mass is 16.5. The normalized spacial score (nSPS) is 18.2. The standard InChI is InChI=1S/C19H24N2O2/c1-4-23-19(22)17-14(3)20-16-10-6-5-9-15(16)18(17)21-11-7-8-13(2)12-21/h5-6,9-10,13H,4,7-8,11-12H2,1-3H3. The second-order valence-electron chi connectivity index (χ2n) is 6.35. The van der Waals surface area contributed by atoms with Gasteiger partial charge in [0.25, 0.3) is 0 Å². The van der Waals surface area contributed by atoms with Gasteiger partial charge in [0.15, 0.2) is 0 Å². The van der Waals surface area contributed by atoms with Crippen molar-refractivity contribution in [2.45, 2.75) is 33.6 Å². The van der Waals surface area contributed by atoms with Gasteiger partial charge in [0, 0.05) is 18.5 Å². The van der Waals surface area contributed by atoms with Crippen LogP contribution in [0.4, 0.5) is 5.69 Å². The second-order valence-corrected chi connectivity index (χ2v) is 6.35. The van der Waals surface area contributed by atoms with E-state index in [1.807, 2.05) is 32.0 Å². The zero-order chi connectivity index (χ0) is 16.4. The molecule has 0 N–H and O–H groups in total. The molecule has 23 heavy (non-hydrogen) atoms. The van der Waals surface area contributed by atoms with E-state index in [9.17, 15) is 4.79 Å². The summed E-state index contributed by atoms with van der Waals surface area (Å²) in [6, 6.07) is 8.06. The summed E-state index contributed by atoms with van der Waals surface area (Å²) in [6.45, 7) is 8.33. The van der Waals surface area contributed by atoms with Crippen LogP contribution in [0.15, 0.2) is 24.3 Å². The number of carbonyl (C=O) groups is 1. The number of pyridine rings is 1. The monoisotopic (exact) mass is 312 g/mol. The first kappa shape index (κ1) is 15.8. The molecule has 0 amide bonds. The van der Waals surface area contributed by atoms with Crippen molar-refractivity contribution in [2.75, 3.05) is 24.6 Å². The summed E-state index contributed by atoms with van der Waals surface area (Å²) in [4.78, 5) is 19.5. The highest BCUT2D eigenvalue weighted by Gasteiger charge is 2.26. The Bertz CT molecular complexity index is 727. The summed E-state index contributed by atoms with van der Waals surface area (Å²) in [5.41, 5.74) is 3.31. The Morgan fingerprint density at radius 1 is 1.39 bits per heavy atom. The molecule has 2 aromatic rings. The van der Waals surface area contributed by atoms with E-state index in [1.54, 1.807) is 0 Å². The van der Waals surface area contributed by atoms with Gasteiger partial charge >= 0.3 is 5.97 Å². The molecule has 0 radical (unpaired) electrons. The number of para-hydroxylation sites is 1. The molecular weight excluding hydrogens is 288 g/mol. The van der Waals surface area contributed by atoms with E-state index in [0.717, 1.165) is 41.8 Å². The van der Waals surface area contributed by atoms with Gasteiger partial charge in [0.2, 0.25) is 0 Å². The van der Waals surface area contributed by atoms with Crippen LogP contribution in [0.2, 0.25) is 0 Å². The first-order valence-corrected chi connectivity index (χ1v) is 8.43. The molecule has 122 valence electrons. The fraction of sp³-hybridized carbons (Fsp3) is 0.474.